The van der Waals surface area contributed by atoms with Gasteiger partial charge in [-0.1, -0.05) is 29.8 Å². The molecule has 0 aliphatic carbocycles. The fourth-order valence-corrected chi connectivity index (χ4v) is 1.11. The molecule has 12 heavy (non-hydrogen) atoms. The molecule has 0 saturated carbocycles. The third-order valence-corrected chi connectivity index (χ3v) is 1.84. The average molecular weight is 185 g/mol. The molecule has 0 fully saturated rings. The summed E-state index contributed by atoms with van der Waals surface area (Å²) >= 11 is 5.69. The molecule has 2 N–H and O–H groups in total. The number of benzene rings is 1. The Morgan fingerprint density at radius 1 is 1.50 bits per heavy atom. The molecule has 1 atom stereocenters. The van der Waals surface area contributed by atoms with E-state index in [9.17, 15) is 9.90 Å². The Hall–Kier alpha value is -1.06. The van der Waals surface area contributed by atoms with E-state index in [1.54, 1.807) is 24.3 Å². The molecule has 1 aromatic carbocycles. The summed E-state index contributed by atoms with van der Waals surface area (Å²) in [4.78, 5) is 10.4. The van der Waals surface area contributed by atoms with Crippen molar-refractivity contribution in [2.75, 3.05) is 0 Å². The van der Waals surface area contributed by atoms with Crippen molar-refractivity contribution in [2.45, 2.75) is 6.04 Å². The van der Waals surface area contributed by atoms with Gasteiger partial charge >= 0.3 is 0 Å². The molecule has 0 bridgehead atoms. The fraction of sp³-hybridized carbons (Fsp3) is 0.125. The van der Waals surface area contributed by atoms with Crippen molar-refractivity contribution in [1.29, 1.82) is 0 Å². The van der Waals surface area contributed by atoms with Crippen LogP contribution < -0.4 is 10.8 Å². The molecule has 0 amide bonds. The van der Waals surface area contributed by atoms with Crippen LogP contribution in [0.5, 0.6) is 0 Å². The van der Waals surface area contributed by atoms with Crippen molar-refractivity contribution >= 4 is 17.6 Å². The van der Waals surface area contributed by atoms with Gasteiger partial charge in [0.15, 0.2) is 0 Å². The monoisotopic (exact) mass is 184 g/mol. The number of carboxylic acids is 1. The van der Waals surface area contributed by atoms with Crippen molar-refractivity contribution in [3.8, 4) is 0 Å². The molecule has 0 aromatic heterocycles. The first-order chi connectivity index (χ1) is 5.63. The molecular weight excluding hydrogens is 178 g/mol. The van der Waals surface area contributed by atoms with E-state index < -0.39 is 12.0 Å². The van der Waals surface area contributed by atoms with Gasteiger partial charge in [0.2, 0.25) is 0 Å². The zero-order chi connectivity index (χ0) is 9.14. The van der Waals surface area contributed by atoms with Crippen molar-refractivity contribution in [1.82, 2.24) is 0 Å². The Balaban J connectivity index is 3.02. The summed E-state index contributed by atoms with van der Waals surface area (Å²) in [7, 11) is 0. The topological polar surface area (TPSA) is 66.2 Å². The number of rotatable bonds is 2. The highest BCUT2D eigenvalue weighted by atomic mass is 35.5. The molecule has 1 rings (SSSR count). The van der Waals surface area contributed by atoms with Gasteiger partial charge < -0.3 is 15.6 Å². The first-order valence-electron chi connectivity index (χ1n) is 3.34. The second kappa shape index (κ2) is 3.56. The number of nitrogens with two attached hydrogens (primary N) is 1. The summed E-state index contributed by atoms with van der Waals surface area (Å²) in [6.07, 6.45) is 0. The van der Waals surface area contributed by atoms with Gasteiger partial charge in [0.05, 0.1) is 12.0 Å². The van der Waals surface area contributed by atoms with Crippen LogP contribution in [0.4, 0.5) is 0 Å². The maximum absolute atomic E-state index is 10.4. The molecule has 0 heterocycles. The van der Waals surface area contributed by atoms with Gasteiger partial charge in [-0.05, 0) is 11.6 Å². The standard InChI is InChI=1S/C8H8ClNO2/c9-6-4-2-1-3-5(6)7(10)8(11)12/h1-4,7H,10H2,(H,11,12)/p-1. The molecule has 0 saturated heterocycles. The maximum atomic E-state index is 10.4. The van der Waals surface area contributed by atoms with E-state index in [0.29, 0.717) is 10.6 Å². The quantitative estimate of drug-likeness (QED) is 0.709. The lowest BCUT2D eigenvalue weighted by atomic mass is 10.1. The number of carbonyl (C=O) groups is 1. The molecule has 64 valence electrons. The molecule has 0 spiro atoms. The van der Waals surface area contributed by atoms with Crippen molar-refractivity contribution < 1.29 is 9.90 Å². The summed E-state index contributed by atoms with van der Waals surface area (Å²) in [6, 6.07) is 5.36. The van der Waals surface area contributed by atoms with Gasteiger partial charge in [0.25, 0.3) is 0 Å². The van der Waals surface area contributed by atoms with Crippen LogP contribution in [0.3, 0.4) is 0 Å². The van der Waals surface area contributed by atoms with Gasteiger partial charge in [0.1, 0.15) is 0 Å². The Morgan fingerprint density at radius 3 is 2.58 bits per heavy atom. The molecule has 4 heteroatoms. The highest BCUT2D eigenvalue weighted by molar-refractivity contribution is 6.31. The smallest absolute Gasteiger partial charge is 0.0713 e. The number of carboxylic acid groups (broad SMARTS) is 1. The van der Waals surface area contributed by atoms with Crippen molar-refractivity contribution in [2.24, 2.45) is 5.73 Å². The number of hydrogen-bond donors (Lipinski definition) is 1. The van der Waals surface area contributed by atoms with E-state index in [2.05, 4.69) is 0 Å². The maximum Gasteiger partial charge on any atom is 0.0713 e. The van der Waals surface area contributed by atoms with Gasteiger partial charge in [-0.2, -0.15) is 0 Å². The first kappa shape index (κ1) is 9.03. The minimum absolute atomic E-state index is 0.342. The van der Waals surface area contributed by atoms with E-state index in [4.69, 9.17) is 17.3 Å². The van der Waals surface area contributed by atoms with Crippen LogP contribution in [0, 0.1) is 0 Å². The lowest BCUT2D eigenvalue weighted by Gasteiger charge is -2.13. The molecule has 0 aliphatic heterocycles. The highest BCUT2D eigenvalue weighted by Gasteiger charge is 2.09. The second-order valence-electron chi connectivity index (χ2n) is 2.32. The molecule has 1 aromatic rings. The number of halogens is 1. The predicted octanol–water partition coefficient (Wildman–Crippen LogP) is 0.0897. The Kier molecular flexibility index (Phi) is 2.68. The average Bonchev–Trinajstić information content (AvgIpc) is 2.04. The largest absolute Gasteiger partial charge is 0.548 e. The summed E-state index contributed by atoms with van der Waals surface area (Å²) in [6.45, 7) is 0. The Morgan fingerprint density at radius 2 is 2.08 bits per heavy atom. The predicted molar refractivity (Wildman–Crippen MR) is 43.4 cm³/mol. The summed E-state index contributed by atoms with van der Waals surface area (Å²) in [5.74, 6) is -1.33. The lowest BCUT2D eigenvalue weighted by molar-refractivity contribution is -0.307. The zero-order valence-corrected chi connectivity index (χ0v) is 6.91. The third kappa shape index (κ3) is 1.75. The van der Waals surface area contributed by atoms with Crippen LogP contribution in [-0.4, -0.2) is 5.97 Å². The van der Waals surface area contributed by atoms with E-state index in [0.717, 1.165) is 0 Å². The van der Waals surface area contributed by atoms with Crippen LogP contribution >= 0.6 is 11.6 Å². The molecule has 0 radical (unpaired) electrons. The van der Waals surface area contributed by atoms with E-state index in [-0.39, 0.29) is 0 Å². The van der Waals surface area contributed by atoms with Crippen LogP contribution in [0.15, 0.2) is 24.3 Å². The Labute approximate surface area is 74.8 Å². The molecular formula is C8H7ClNO2-. The van der Waals surface area contributed by atoms with E-state index in [1.165, 1.54) is 0 Å². The molecule has 3 nitrogen and oxygen atoms in total. The normalized spacial score (nSPS) is 12.5. The summed E-state index contributed by atoms with van der Waals surface area (Å²) < 4.78 is 0. The molecule has 1 unspecified atom stereocenters. The lowest BCUT2D eigenvalue weighted by Crippen LogP contribution is -2.34. The fourth-order valence-electron chi connectivity index (χ4n) is 0.854. The first-order valence-corrected chi connectivity index (χ1v) is 3.71. The van der Waals surface area contributed by atoms with Gasteiger partial charge in [-0.15, -0.1) is 0 Å². The van der Waals surface area contributed by atoms with Crippen LogP contribution in [0.2, 0.25) is 5.02 Å². The van der Waals surface area contributed by atoms with Gasteiger partial charge in [0, 0.05) is 5.02 Å². The SMILES string of the molecule is NC(C(=O)[O-])c1ccccc1Cl. The van der Waals surface area contributed by atoms with Crippen LogP contribution in [0.25, 0.3) is 0 Å². The molecule has 0 aliphatic rings. The van der Waals surface area contributed by atoms with Crippen molar-refractivity contribution in [3.05, 3.63) is 34.9 Å². The van der Waals surface area contributed by atoms with Crippen LogP contribution in [-0.2, 0) is 4.79 Å². The van der Waals surface area contributed by atoms with E-state index >= 15 is 0 Å². The third-order valence-electron chi connectivity index (χ3n) is 1.49. The van der Waals surface area contributed by atoms with Crippen molar-refractivity contribution in [3.63, 3.8) is 0 Å². The number of aliphatic carboxylic acids is 1. The minimum Gasteiger partial charge on any atom is -0.548 e. The summed E-state index contributed by atoms with van der Waals surface area (Å²) in [5.41, 5.74) is 5.67. The van der Waals surface area contributed by atoms with Gasteiger partial charge in [-0.25, -0.2) is 0 Å². The van der Waals surface area contributed by atoms with Crippen LogP contribution in [0.1, 0.15) is 11.6 Å². The van der Waals surface area contributed by atoms with E-state index in [1.807, 2.05) is 0 Å². The highest BCUT2D eigenvalue weighted by Crippen LogP contribution is 2.20. The Bertz CT molecular complexity index is 301. The minimum atomic E-state index is -1.33. The van der Waals surface area contributed by atoms with Gasteiger partial charge in [-0.3, -0.25) is 0 Å². The zero-order valence-electron chi connectivity index (χ0n) is 6.16. The second-order valence-corrected chi connectivity index (χ2v) is 2.73. The number of carbonyl (C=O) groups excluding carboxylic acids is 1. The number of hydrogen-bond acceptors (Lipinski definition) is 3. The summed E-state index contributed by atoms with van der Waals surface area (Å²) in [5, 5.41) is 10.7.